The number of nitrogens with zero attached hydrogens (tertiary/aromatic N) is 3. The maximum Gasteiger partial charge on any atom is 0.254 e. The van der Waals surface area contributed by atoms with Crippen LogP contribution < -0.4 is 4.90 Å². The van der Waals surface area contributed by atoms with Gasteiger partial charge in [0.15, 0.2) is 11.6 Å². The first kappa shape index (κ1) is 26.0. The molecule has 0 N–H and O–H groups in total. The fourth-order valence-electron chi connectivity index (χ4n) is 4.46. The monoisotopic (exact) mass is 555 g/mol. The first-order valence-electron chi connectivity index (χ1n) is 11.9. The molecule has 0 aliphatic carbocycles. The van der Waals surface area contributed by atoms with Crippen LogP contribution in [0.4, 0.5) is 14.5 Å². The summed E-state index contributed by atoms with van der Waals surface area (Å²) in [6.07, 6.45) is 0.644. The summed E-state index contributed by atoms with van der Waals surface area (Å²) in [5, 5.41) is 0. The molecule has 0 saturated carbocycles. The van der Waals surface area contributed by atoms with Gasteiger partial charge in [-0.15, -0.1) is 0 Å². The van der Waals surface area contributed by atoms with E-state index in [9.17, 15) is 18.4 Å². The van der Waals surface area contributed by atoms with Crippen LogP contribution in [-0.4, -0.2) is 47.8 Å². The predicted octanol–water partition coefficient (Wildman–Crippen LogP) is 5.63. The van der Waals surface area contributed by atoms with E-state index >= 15 is 0 Å². The molecule has 4 rings (SSSR count). The van der Waals surface area contributed by atoms with Crippen molar-refractivity contribution in [1.29, 1.82) is 0 Å². The molecule has 0 unspecified atom stereocenters. The number of anilines is 1. The predicted molar refractivity (Wildman–Crippen MR) is 140 cm³/mol. The standard InChI is InChI=1S/C28H28BrF2N3O2/c1-20(35)34-13-5-12-32(18-21-6-3-2-4-7-21)14-15-33(28(36)22-8-10-24(29)11-9-22)19-23-16-25(30)26(31)17-27(23)34/h2-4,6-11,16-17H,5,12-15,18-19H2,1H3. The minimum absolute atomic E-state index is 0.0460. The zero-order valence-electron chi connectivity index (χ0n) is 20.1. The third-order valence-electron chi connectivity index (χ3n) is 6.32. The molecular formula is C28H28BrF2N3O2. The van der Waals surface area contributed by atoms with Crippen LogP contribution in [0.3, 0.4) is 0 Å². The topological polar surface area (TPSA) is 43.9 Å². The molecule has 0 spiro atoms. The van der Waals surface area contributed by atoms with Gasteiger partial charge in [0.2, 0.25) is 5.91 Å². The van der Waals surface area contributed by atoms with E-state index < -0.39 is 11.6 Å². The summed E-state index contributed by atoms with van der Waals surface area (Å²) in [4.78, 5) is 31.5. The average Bonchev–Trinajstić information content (AvgIpc) is 2.89. The van der Waals surface area contributed by atoms with Crippen LogP contribution in [0.15, 0.2) is 71.2 Å². The molecule has 0 fully saturated rings. The highest BCUT2D eigenvalue weighted by molar-refractivity contribution is 9.10. The summed E-state index contributed by atoms with van der Waals surface area (Å²) in [6, 6.07) is 19.3. The zero-order chi connectivity index (χ0) is 25.7. The van der Waals surface area contributed by atoms with Gasteiger partial charge in [0.05, 0.1) is 5.69 Å². The number of hydrogen-bond donors (Lipinski definition) is 0. The molecule has 3 aromatic rings. The van der Waals surface area contributed by atoms with Crippen molar-refractivity contribution in [3.8, 4) is 0 Å². The maximum atomic E-state index is 14.3. The van der Waals surface area contributed by atoms with E-state index in [0.717, 1.165) is 22.2 Å². The number of amides is 2. The van der Waals surface area contributed by atoms with Gasteiger partial charge in [-0.2, -0.15) is 0 Å². The third-order valence-corrected chi connectivity index (χ3v) is 6.85. The van der Waals surface area contributed by atoms with E-state index in [2.05, 4.69) is 33.0 Å². The number of halogens is 3. The highest BCUT2D eigenvalue weighted by Gasteiger charge is 2.25. The Morgan fingerprint density at radius 3 is 2.28 bits per heavy atom. The minimum atomic E-state index is -1.02. The van der Waals surface area contributed by atoms with Crippen molar-refractivity contribution in [1.82, 2.24) is 9.80 Å². The molecule has 0 atom stereocenters. The highest BCUT2D eigenvalue weighted by Crippen LogP contribution is 2.27. The molecule has 1 heterocycles. The fraction of sp³-hybridized carbons (Fsp3) is 0.286. The third kappa shape index (κ3) is 6.36. The van der Waals surface area contributed by atoms with Crippen LogP contribution in [0.5, 0.6) is 0 Å². The second-order valence-electron chi connectivity index (χ2n) is 8.91. The van der Waals surface area contributed by atoms with Gasteiger partial charge in [0.25, 0.3) is 5.91 Å². The lowest BCUT2D eigenvalue weighted by molar-refractivity contribution is -0.116. The summed E-state index contributed by atoms with van der Waals surface area (Å²) in [6.45, 7) is 4.17. The average molecular weight is 556 g/mol. The summed E-state index contributed by atoms with van der Waals surface area (Å²) >= 11 is 3.39. The normalized spacial score (nSPS) is 15.2. The molecule has 1 aliphatic heterocycles. The number of carbonyl (C=O) groups is 2. The van der Waals surface area contributed by atoms with E-state index in [1.807, 2.05) is 18.2 Å². The molecule has 0 aromatic heterocycles. The Morgan fingerprint density at radius 2 is 1.58 bits per heavy atom. The number of carbonyl (C=O) groups excluding carboxylic acids is 2. The van der Waals surface area contributed by atoms with E-state index in [0.29, 0.717) is 56.0 Å². The molecule has 3 aromatic carbocycles. The van der Waals surface area contributed by atoms with E-state index in [1.165, 1.54) is 11.8 Å². The molecule has 0 radical (unpaired) electrons. The van der Waals surface area contributed by atoms with Crippen molar-refractivity contribution < 1.29 is 18.4 Å². The number of rotatable bonds is 3. The molecule has 188 valence electrons. The van der Waals surface area contributed by atoms with Crippen LogP contribution in [0.1, 0.15) is 34.8 Å². The smallest absolute Gasteiger partial charge is 0.254 e. The van der Waals surface area contributed by atoms with Gasteiger partial charge in [-0.05, 0) is 47.9 Å². The molecule has 2 amide bonds. The largest absolute Gasteiger partial charge is 0.333 e. The van der Waals surface area contributed by atoms with Gasteiger partial charge < -0.3 is 9.80 Å². The van der Waals surface area contributed by atoms with Crippen molar-refractivity contribution >= 4 is 33.4 Å². The van der Waals surface area contributed by atoms with Crippen molar-refractivity contribution in [2.75, 3.05) is 31.1 Å². The van der Waals surface area contributed by atoms with E-state index in [-0.39, 0.29) is 18.4 Å². The van der Waals surface area contributed by atoms with Gasteiger partial charge in [0.1, 0.15) is 0 Å². The second kappa shape index (κ2) is 11.8. The molecule has 0 bridgehead atoms. The number of benzene rings is 3. The zero-order valence-corrected chi connectivity index (χ0v) is 21.7. The Labute approximate surface area is 218 Å². The first-order valence-corrected chi connectivity index (χ1v) is 12.7. The Morgan fingerprint density at radius 1 is 0.889 bits per heavy atom. The quantitative estimate of drug-likeness (QED) is 0.420. The van der Waals surface area contributed by atoms with Gasteiger partial charge >= 0.3 is 0 Å². The number of fused-ring (bicyclic) bond motifs is 1. The second-order valence-corrected chi connectivity index (χ2v) is 9.83. The molecule has 36 heavy (non-hydrogen) atoms. The summed E-state index contributed by atoms with van der Waals surface area (Å²) < 4.78 is 29.5. The maximum absolute atomic E-state index is 14.3. The van der Waals surface area contributed by atoms with Gasteiger partial charge in [-0.1, -0.05) is 46.3 Å². The molecule has 1 aliphatic rings. The van der Waals surface area contributed by atoms with Gasteiger partial charge in [-0.3, -0.25) is 14.5 Å². The summed E-state index contributed by atoms with van der Waals surface area (Å²) in [5.74, 6) is -2.51. The van der Waals surface area contributed by atoms with Crippen LogP contribution >= 0.6 is 15.9 Å². The lowest BCUT2D eigenvalue weighted by Gasteiger charge is -2.28. The van der Waals surface area contributed by atoms with E-state index in [4.69, 9.17) is 0 Å². The molecule has 0 saturated heterocycles. The summed E-state index contributed by atoms with van der Waals surface area (Å²) in [5.41, 5.74) is 2.34. The van der Waals surface area contributed by atoms with Gasteiger partial charge in [0, 0.05) is 62.3 Å². The van der Waals surface area contributed by atoms with Gasteiger partial charge in [-0.25, -0.2) is 8.78 Å². The molecule has 5 nitrogen and oxygen atoms in total. The Kier molecular flexibility index (Phi) is 8.48. The Hall–Kier alpha value is -3.10. The minimum Gasteiger partial charge on any atom is -0.333 e. The molecular weight excluding hydrogens is 528 g/mol. The SMILES string of the molecule is CC(=O)N1CCCN(Cc2ccccc2)CCN(C(=O)c2ccc(Br)cc2)Cc2cc(F)c(F)cc21. The van der Waals surface area contributed by atoms with Crippen molar-refractivity contribution in [3.05, 3.63) is 99.5 Å². The summed E-state index contributed by atoms with van der Waals surface area (Å²) in [7, 11) is 0. The Bertz CT molecular complexity index is 1220. The van der Waals surface area contributed by atoms with Crippen LogP contribution in [0, 0.1) is 11.6 Å². The van der Waals surface area contributed by atoms with Crippen LogP contribution in [-0.2, 0) is 17.9 Å². The van der Waals surface area contributed by atoms with Crippen LogP contribution in [0.25, 0.3) is 0 Å². The fourth-order valence-corrected chi connectivity index (χ4v) is 4.73. The van der Waals surface area contributed by atoms with Crippen LogP contribution in [0.2, 0.25) is 0 Å². The van der Waals surface area contributed by atoms with Crippen molar-refractivity contribution in [2.45, 2.75) is 26.4 Å². The highest BCUT2D eigenvalue weighted by atomic mass is 79.9. The lowest BCUT2D eigenvalue weighted by atomic mass is 10.1. The van der Waals surface area contributed by atoms with E-state index in [1.54, 1.807) is 29.2 Å². The van der Waals surface area contributed by atoms with Crippen molar-refractivity contribution in [2.24, 2.45) is 0 Å². The van der Waals surface area contributed by atoms with Crippen molar-refractivity contribution in [3.63, 3.8) is 0 Å². The molecule has 8 heteroatoms. The lowest BCUT2D eigenvalue weighted by Crippen LogP contribution is -2.38. The Balaban J connectivity index is 1.71. The number of hydrogen-bond acceptors (Lipinski definition) is 3. The first-order chi connectivity index (χ1) is 17.3.